The molecule has 2 rings (SSSR count). The number of benzene rings is 1. The molecule has 1 aliphatic carbocycles. The molecular formula is C16H23Cl2IN4O. The highest BCUT2D eigenvalue weighted by Gasteiger charge is 2.24. The highest BCUT2D eigenvalue weighted by Crippen LogP contribution is 2.23. The zero-order chi connectivity index (χ0) is 17.0. The van der Waals surface area contributed by atoms with E-state index < -0.39 is 0 Å². The molecule has 0 bridgehead atoms. The van der Waals surface area contributed by atoms with Crippen LogP contribution in [0, 0.1) is 0 Å². The number of aliphatic imine (C=N–C) groups is 1. The molecule has 0 saturated heterocycles. The van der Waals surface area contributed by atoms with Gasteiger partial charge in [0.25, 0.3) is 0 Å². The average molecular weight is 485 g/mol. The van der Waals surface area contributed by atoms with Crippen LogP contribution in [0.5, 0.6) is 0 Å². The van der Waals surface area contributed by atoms with Crippen LogP contribution in [-0.2, 0) is 11.3 Å². The van der Waals surface area contributed by atoms with Crippen LogP contribution in [0.15, 0.2) is 23.2 Å². The van der Waals surface area contributed by atoms with Gasteiger partial charge in [-0.2, -0.15) is 0 Å². The van der Waals surface area contributed by atoms with Gasteiger partial charge in [0.15, 0.2) is 5.96 Å². The zero-order valence-corrected chi connectivity index (χ0v) is 17.9. The number of amides is 1. The van der Waals surface area contributed by atoms with Crippen molar-refractivity contribution >= 4 is 59.0 Å². The number of carbonyl (C=O) groups excluding carboxylic acids is 1. The first-order valence-corrected chi connectivity index (χ1v) is 8.28. The Bertz CT molecular complexity index is 606. The monoisotopic (exact) mass is 484 g/mol. The maximum absolute atomic E-state index is 11.8. The summed E-state index contributed by atoms with van der Waals surface area (Å²) in [7, 11) is 5.40. The summed E-state index contributed by atoms with van der Waals surface area (Å²) in [6.07, 6.45) is 2.28. The van der Waals surface area contributed by atoms with Crippen LogP contribution in [-0.4, -0.2) is 55.4 Å². The molecule has 24 heavy (non-hydrogen) atoms. The molecule has 0 aliphatic heterocycles. The van der Waals surface area contributed by atoms with Crippen LogP contribution in [0.25, 0.3) is 0 Å². The molecule has 0 aromatic heterocycles. The van der Waals surface area contributed by atoms with Crippen LogP contribution >= 0.6 is 47.2 Å². The summed E-state index contributed by atoms with van der Waals surface area (Å²) >= 11 is 12.0. The van der Waals surface area contributed by atoms with E-state index in [9.17, 15) is 4.79 Å². The van der Waals surface area contributed by atoms with Gasteiger partial charge >= 0.3 is 0 Å². The van der Waals surface area contributed by atoms with Crippen LogP contribution in [0.1, 0.15) is 18.4 Å². The Morgan fingerprint density at radius 1 is 1.25 bits per heavy atom. The lowest BCUT2D eigenvalue weighted by Crippen LogP contribution is -2.40. The summed E-state index contributed by atoms with van der Waals surface area (Å²) in [5.41, 5.74) is 1.03. The van der Waals surface area contributed by atoms with Gasteiger partial charge in [-0.25, -0.2) is 4.99 Å². The van der Waals surface area contributed by atoms with E-state index in [0.717, 1.165) is 24.4 Å². The van der Waals surface area contributed by atoms with E-state index in [1.165, 1.54) is 4.90 Å². The summed E-state index contributed by atoms with van der Waals surface area (Å²) in [5.74, 6) is 0.705. The fourth-order valence-electron chi connectivity index (χ4n) is 1.96. The molecule has 1 aromatic carbocycles. The van der Waals surface area contributed by atoms with E-state index >= 15 is 0 Å². The first-order valence-electron chi connectivity index (χ1n) is 7.53. The van der Waals surface area contributed by atoms with Gasteiger partial charge < -0.3 is 15.1 Å². The third kappa shape index (κ3) is 6.64. The van der Waals surface area contributed by atoms with E-state index in [0.29, 0.717) is 22.6 Å². The summed E-state index contributed by atoms with van der Waals surface area (Å²) < 4.78 is 0. The molecule has 8 heteroatoms. The minimum absolute atomic E-state index is 0. The summed E-state index contributed by atoms with van der Waals surface area (Å²) in [4.78, 5) is 19.7. The summed E-state index contributed by atoms with van der Waals surface area (Å²) in [6.45, 7) is 0.763. The van der Waals surface area contributed by atoms with Crippen molar-refractivity contribution in [1.82, 2.24) is 15.1 Å². The molecule has 1 saturated carbocycles. The first kappa shape index (κ1) is 21.3. The topological polar surface area (TPSA) is 47.9 Å². The van der Waals surface area contributed by atoms with E-state index in [1.807, 2.05) is 24.1 Å². The second kappa shape index (κ2) is 9.68. The van der Waals surface area contributed by atoms with E-state index in [-0.39, 0.29) is 36.4 Å². The quantitative estimate of drug-likeness (QED) is 0.396. The number of nitrogens with one attached hydrogen (secondary N) is 1. The van der Waals surface area contributed by atoms with Crippen molar-refractivity contribution in [3.8, 4) is 0 Å². The molecule has 1 aromatic rings. The molecule has 5 nitrogen and oxygen atoms in total. The van der Waals surface area contributed by atoms with Gasteiger partial charge in [-0.05, 0) is 30.5 Å². The van der Waals surface area contributed by atoms with Crippen molar-refractivity contribution in [3.05, 3.63) is 33.8 Å². The van der Waals surface area contributed by atoms with Crippen LogP contribution in [0.4, 0.5) is 0 Å². The van der Waals surface area contributed by atoms with Gasteiger partial charge in [0.2, 0.25) is 5.91 Å². The van der Waals surface area contributed by atoms with Crippen molar-refractivity contribution in [2.75, 3.05) is 27.7 Å². The van der Waals surface area contributed by atoms with Crippen LogP contribution in [0.2, 0.25) is 10.0 Å². The fraction of sp³-hybridized carbons (Fsp3) is 0.500. The van der Waals surface area contributed by atoms with Gasteiger partial charge in [-0.1, -0.05) is 29.3 Å². The first-order chi connectivity index (χ1) is 10.9. The molecule has 0 heterocycles. The zero-order valence-electron chi connectivity index (χ0n) is 14.1. The van der Waals surface area contributed by atoms with Gasteiger partial charge in [-0.3, -0.25) is 4.79 Å². The van der Waals surface area contributed by atoms with Crippen molar-refractivity contribution < 1.29 is 4.79 Å². The second-order valence-corrected chi connectivity index (χ2v) is 6.77. The van der Waals surface area contributed by atoms with Crippen molar-refractivity contribution in [2.24, 2.45) is 4.99 Å². The lowest BCUT2D eigenvalue weighted by Gasteiger charge is -2.23. The summed E-state index contributed by atoms with van der Waals surface area (Å²) in [5, 5.41) is 4.45. The molecule has 0 spiro atoms. The Morgan fingerprint density at radius 3 is 2.46 bits per heavy atom. The van der Waals surface area contributed by atoms with Gasteiger partial charge in [0.1, 0.15) is 6.54 Å². The number of nitrogens with zero attached hydrogens (tertiary/aromatic N) is 3. The van der Waals surface area contributed by atoms with Crippen molar-refractivity contribution in [3.63, 3.8) is 0 Å². The number of guanidine groups is 1. The number of rotatable bonds is 5. The number of likely N-dealkylation sites (N-methyl/N-ethyl adjacent to an activating group) is 1. The molecule has 1 fully saturated rings. The molecule has 1 amide bonds. The average Bonchev–Trinajstić information content (AvgIpc) is 3.30. The fourth-order valence-corrected chi connectivity index (χ4v) is 2.28. The van der Waals surface area contributed by atoms with Gasteiger partial charge in [-0.15, -0.1) is 24.0 Å². The Kier molecular flexibility index (Phi) is 8.59. The number of hydrogen-bond donors (Lipinski definition) is 1. The van der Waals surface area contributed by atoms with Crippen LogP contribution in [0.3, 0.4) is 0 Å². The normalized spacial score (nSPS) is 14.0. The maximum atomic E-state index is 11.8. The predicted molar refractivity (Wildman–Crippen MR) is 110 cm³/mol. The smallest absolute Gasteiger partial charge is 0.243 e. The van der Waals surface area contributed by atoms with Crippen molar-refractivity contribution in [2.45, 2.75) is 25.4 Å². The molecule has 134 valence electrons. The maximum Gasteiger partial charge on any atom is 0.243 e. The standard InChI is InChI=1S/C16H22Cl2N4O.HI/c1-21(2)15(23)9-19-16(20-12-5-6-12)22(3)10-11-4-7-13(17)14(18)8-11;/h4,7-8,12H,5-6,9-10H2,1-3H3,(H,19,20);1H. The Hall–Kier alpha value is -0.730. The summed E-state index contributed by atoms with van der Waals surface area (Å²) in [6, 6.07) is 6.03. The Labute approximate surface area is 170 Å². The SMILES string of the molecule is CN(C)C(=O)CN=C(NC1CC1)N(C)Cc1ccc(Cl)c(Cl)c1.I. The number of halogens is 3. The van der Waals surface area contributed by atoms with Crippen LogP contribution < -0.4 is 5.32 Å². The third-order valence-electron chi connectivity index (χ3n) is 3.54. The minimum atomic E-state index is -0.0250. The second-order valence-electron chi connectivity index (χ2n) is 5.95. The van der Waals surface area contributed by atoms with E-state index in [4.69, 9.17) is 23.2 Å². The molecule has 0 atom stereocenters. The molecule has 1 N–H and O–H groups in total. The lowest BCUT2D eigenvalue weighted by atomic mass is 10.2. The van der Waals surface area contributed by atoms with E-state index in [2.05, 4.69) is 10.3 Å². The lowest BCUT2D eigenvalue weighted by molar-refractivity contribution is -0.127. The molecular weight excluding hydrogens is 462 g/mol. The largest absolute Gasteiger partial charge is 0.353 e. The van der Waals surface area contributed by atoms with E-state index in [1.54, 1.807) is 20.2 Å². The highest BCUT2D eigenvalue weighted by molar-refractivity contribution is 14.0. The Balaban J connectivity index is 0.00000288. The predicted octanol–water partition coefficient (Wildman–Crippen LogP) is 3.24. The third-order valence-corrected chi connectivity index (χ3v) is 4.28. The van der Waals surface area contributed by atoms with Gasteiger partial charge in [0.05, 0.1) is 10.0 Å². The molecule has 0 radical (unpaired) electrons. The van der Waals surface area contributed by atoms with Gasteiger partial charge in [0, 0.05) is 33.7 Å². The highest BCUT2D eigenvalue weighted by atomic mass is 127. The molecule has 1 aliphatic rings. The molecule has 0 unspecified atom stereocenters. The number of carbonyl (C=O) groups is 1. The van der Waals surface area contributed by atoms with Crippen molar-refractivity contribution in [1.29, 1.82) is 0 Å². The Morgan fingerprint density at radius 2 is 1.92 bits per heavy atom. The number of hydrogen-bond acceptors (Lipinski definition) is 2. The minimum Gasteiger partial charge on any atom is -0.353 e.